The third-order valence-corrected chi connectivity index (χ3v) is 4.47. The van der Waals surface area contributed by atoms with Gasteiger partial charge in [-0.3, -0.25) is 9.59 Å². The van der Waals surface area contributed by atoms with Crippen LogP contribution < -0.4 is 10.6 Å². The average molecular weight is 295 g/mol. The van der Waals surface area contributed by atoms with Gasteiger partial charge in [0.1, 0.15) is 6.04 Å². The molecule has 2 atom stereocenters. The molecular weight excluding hydrogens is 274 g/mol. The highest BCUT2D eigenvalue weighted by atomic mass is 32.1. The first-order valence-electron chi connectivity index (χ1n) is 6.92. The van der Waals surface area contributed by atoms with Gasteiger partial charge < -0.3 is 15.5 Å². The van der Waals surface area contributed by atoms with Gasteiger partial charge in [0, 0.05) is 19.1 Å². The monoisotopic (exact) mass is 295 g/mol. The summed E-state index contributed by atoms with van der Waals surface area (Å²) in [6, 6.07) is 3.46. The van der Waals surface area contributed by atoms with Crippen LogP contribution in [0.5, 0.6) is 0 Å². The number of thiophene rings is 1. The fourth-order valence-corrected chi connectivity index (χ4v) is 3.05. The molecule has 110 valence electrons. The molecule has 2 N–H and O–H groups in total. The maximum absolute atomic E-state index is 12.4. The van der Waals surface area contributed by atoms with E-state index in [0.29, 0.717) is 17.5 Å². The molecule has 0 spiro atoms. The molecule has 1 aromatic heterocycles. The third-order valence-electron chi connectivity index (χ3n) is 3.60. The number of carbonyl (C=O) groups excluding carboxylic acids is 2. The van der Waals surface area contributed by atoms with Crippen LogP contribution in [-0.4, -0.2) is 48.9 Å². The molecule has 1 fully saturated rings. The fourth-order valence-electron chi connectivity index (χ4n) is 2.42. The number of likely N-dealkylation sites (tertiary alicyclic amines) is 1. The van der Waals surface area contributed by atoms with E-state index in [9.17, 15) is 9.59 Å². The maximum atomic E-state index is 12.4. The van der Waals surface area contributed by atoms with Crippen LogP contribution in [0.15, 0.2) is 17.5 Å². The van der Waals surface area contributed by atoms with Crippen molar-refractivity contribution >= 4 is 23.2 Å². The van der Waals surface area contributed by atoms with E-state index in [-0.39, 0.29) is 11.8 Å². The Kier molecular flexibility index (Phi) is 5.14. The minimum absolute atomic E-state index is 0.00476. The SMILES string of the molecule is CNC1CCCN(C(=O)C(C)NC(=O)c2cccs2)C1. The standard InChI is InChI=1S/C14H21N3O2S/c1-10(16-13(18)12-6-4-8-20-12)14(19)17-7-3-5-11(9-17)15-2/h4,6,8,10-11,15H,3,5,7,9H2,1-2H3,(H,16,18). The number of nitrogens with one attached hydrogen (secondary N) is 2. The van der Waals surface area contributed by atoms with Gasteiger partial charge in [0.25, 0.3) is 5.91 Å². The van der Waals surface area contributed by atoms with Crippen molar-refractivity contribution in [2.24, 2.45) is 0 Å². The number of rotatable bonds is 4. The van der Waals surface area contributed by atoms with Gasteiger partial charge >= 0.3 is 0 Å². The van der Waals surface area contributed by atoms with Crippen LogP contribution in [-0.2, 0) is 4.79 Å². The number of carbonyl (C=O) groups is 2. The lowest BCUT2D eigenvalue weighted by atomic mass is 10.1. The Hall–Kier alpha value is -1.40. The molecule has 1 aromatic rings. The fraction of sp³-hybridized carbons (Fsp3) is 0.571. The summed E-state index contributed by atoms with van der Waals surface area (Å²) in [7, 11) is 1.92. The maximum Gasteiger partial charge on any atom is 0.261 e. The van der Waals surface area contributed by atoms with Crippen LogP contribution in [0, 0.1) is 0 Å². The van der Waals surface area contributed by atoms with E-state index in [4.69, 9.17) is 0 Å². The van der Waals surface area contributed by atoms with Crippen LogP contribution in [0.25, 0.3) is 0 Å². The molecule has 0 radical (unpaired) electrons. The van der Waals surface area contributed by atoms with Crippen molar-refractivity contribution in [3.63, 3.8) is 0 Å². The minimum Gasteiger partial charge on any atom is -0.340 e. The summed E-state index contributed by atoms with van der Waals surface area (Å²) in [6.07, 6.45) is 2.10. The molecule has 0 aliphatic carbocycles. The predicted octanol–water partition coefficient (Wildman–Crippen LogP) is 1.08. The molecule has 20 heavy (non-hydrogen) atoms. The molecule has 0 aromatic carbocycles. The van der Waals surface area contributed by atoms with Crippen molar-refractivity contribution < 1.29 is 9.59 Å². The number of likely N-dealkylation sites (N-methyl/N-ethyl adjacent to an activating group) is 1. The van der Waals surface area contributed by atoms with E-state index in [1.807, 2.05) is 23.4 Å². The van der Waals surface area contributed by atoms with E-state index >= 15 is 0 Å². The largest absolute Gasteiger partial charge is 0.340 e. The molecule has 1 saturated heterocycles. The van der Waals surface area contributed by atoms with Crippen molar-refractivity contribution in [3.8, 4) is 0 Å². The molecule has 2 amide bonds. The van der Waals surface area contributed by atoms with E-state index in [1.165, 1.54) is 11.3 Å². The van der Waals surface area contributed by atoms with Crippen molar-refractivity contribution in [2.45, 2.75) is 31.8 Å². The van der Waals surface area contributed by atoms with Crippen LogP contribution in [0.4, 0.5) is 0 Å². The van der Waals surface area contributed by atoms with Gasteiger partial charge in [-0.05, 0) is 38.3 Å². The zero-order valence-electron chi connectivity index (χ0n) is 11.9. The molecular formula is C14H21N3O2S. The molecule has 0 bridgehead atoms. The van der Waals surface area contributed by atoms with Gasteiger partial charge in [-0.2, -0.15) is 0 Å². The van der Waals surface area contributed by atoms with Gasteiger partial charge in [0.05, 0.1) is 4.88 Å². The summed E-state index contributed by atoms with van der Waals surface area (Å²) >= 11 is 1.38. The Morgan fingerprint density at radius 2 is 2.30 bits per heavy atom. The smallest absolute Gasteiger partial charge is 0.261 e. The summed E-state index contributed by atoms with van der Waals surface area (Å²) < 4.78 is 0. The number of piperidine rings is 1. The summed E-state index contributed by atoms with van der Waals surface area (Å²) in [6.45, 7) is 3.24. The molecule has 0 saturated carbocycles. The lowest BCUT2D eigenvalue weighted by molar-refractivity contribution is -0.134. The van der Waals surface area contributed by atoms with Crippen LogP contribution in [0.3, 0.4) is 0 Å². The highest BCUT2D eigenvalue weighted by Crippen LogP contribution is 2.12. The Bertz CT molecular complexity index is 461. The van der Waals surface area contributed by atoms with E-state index in [0.717, 1.165) is 19.4 Å². The second-order valence-electron chi connectivity index (χ2n) is 5.08. The molecule has 2 heterocycles. The van der Waals surface area contributed by atoms with Gasteiger partial charge in [0.15, 0.2) is 0 Å². The highest BCUT2D eigenvalue weighted by molar-refractivity contribution is 7.12. The number of amides is 2. The number of hydrogen-bond acceptors (Lipinski definition) is 4. The molecule has 6 heteroatoms. The van der Waals surface area contributed by atoms with Crippen LogP contribution in [0.1, 0.15) is 29.4 Å². The zero-order valence-corrected chi connectivity index (χ0v) is 12.7. The third kappa shape index (κ3) is 3.58. The first kappa shape index (κ1) is 15.0. The summed E-state index contributed by atoms with van der Waals surface area (Å²) in [5, 5.41) is 7.83. The molecule has 2 rings (SSSR count). The Morgan fingerprint density at radius 1 is 1.50 bits per heavy atom. The van der Waals surface area contributed by atoms with Crippen molar-refractivity contribution in [1.29, 1.82) is 0 Å². The first-order valence-corrected chi connectivity index (χ1v) is 7.80. The van der Waals surface area contributed by atoms with Crippen molar-refractivity contribution in [2.75, 3.05) is 20.1 Å². The number of hydrogen-bond donors (Lipinski definition) is 2. The zero-order chi connectivity index (χ0) is 14.5. The second kappa shape index (κ2) is 6.85. The summed E-state index contributed by atoms with van der Waals surface area (Å²) in [5.74, 6) is -0.183. The van der Waals surface area contributed by atoms with Crippen molar-refractivity contribution in [3.05, 3.63) is 22.4 Å². The number of nitrogens with zero attached hydrogens (tertiary/aromatic N) is 1. The van der Waals surface area contributed by atoms with Gasteiger partial charge in [-0.25, -0.2) is 0 Å². The topological polar surface area (TPSA) is 61.4 Å². The lowest BCUT2D eigenvalue weighted by Gasteiger charge is -2.34. The van der Waals surface area contributed by atoms with Gasteiger partial charge in [0.2, 0.25) is 5.91 Å². The van der Waals surface area contributed by atoms with Gasteiger partial charge in [-0.1, -0.05) is 6.07 Å². The molecule has 1 aliphatic heterocycles. The Labute approximate surface area is 123 Å². The lowest BCUT2D eigenvalue weighted by Crippen LogP contribution is -2.53. The minimum atomic E-state index is -0.486. The van der Waals surface area contributed by atoms with E-state index in [2.05, 4.69) is 10.6 Å². The molecule has 5 nitrogen and oxygen atoms in total. The second-order valence-corrected chi connectivity index (χ2v) is 6.03. The summed E-state index contributed by atoms with van der Waals surface area (Å²) in [4.78, 5) is 26.8. The quantitative estimate of drug-likeness (QED) is 0.874. The Balaban J connectivity index is 1.90. The Morgan fingerprint density at radius 3 is 2.95 bits per heavy atom. The highest BCUT2D eigenvalue weighted by Gasteiger charge is 2.27. The van der Waals surface area contributed by atoms with E-state index < -0.39 is 6.04 Å². The average Bonchev–Trinajstić information content (AvgIpc) is 3.00. The van der Waals surface area contributed by atoms with Crippen LogP contribution >= 0.6 is 11.3 Å². The summed E-state index contributed by atoms with van der Waals surface area (Å²) in [5.41, 5.74) is 0. The van der Waals surface area contributed by atoms with E-state index in [1.54, 1.807) is 13.0 Å². The first-order chi connectivity index (χ1) is 9.61. The molecule has 1 aliphatic rings. The van der Waals surface area contributed by atoms with Gasteiger partial charge in [-0.15, -0.1) is 11.3 Å². The van der Waals surface area contributed by atoms with Crippen LogP contribution in [0.2, 0.25) is 0 Å². The molecule has 2 unspecified atom stereocenters. The normalized spacial score (nSPS) is 20.5. The predicted molar refractivity (Wildman–Crippen MR) is 79.9 cm³/mol. The van der Waals surface area contributed by atoms with Crippen molar-refractivity contribution in [1.82, 2.24) is 15.5 Å².